The third kappa shape index (κ3) is 2.68. The molecular formula is C13H12N2. The Hall–Kier alpha value is -2.09. The van der Waals surface area contributed by atoms with Gasteiger partial charge in [0.1, 0.15) is 0 Å². The zero-order valence-corrected chi connectivity index (χ0v) is 8.30. The van der Waals surface area contributed by atoms with Gasteiger partial charge < -0.3 is 5.73 Å². The molecule has 0 aliphatic carbocycles. The Labute approximate surface area is 89.1 Å². The summed E-state index contributed by atoms with van der Waals surface area (Å²) in [6.45, 7) is 0. The van der Waals surface area contributed by atoms with Crippen molar-refractivity contribution in [1.29, 1.82) is 0 Å². The van der Waals surface area contributed by atoms with Crippen LogP contribution in [0, 0.1) is 0 Å². The summed E-state index contributed by atoms with van der Waals surface area (Å²) in [5, 5.41) is 0. The van der Waals surface area contributed by atoms with E-state index in [1.165, 1.54) is 0 Å². The van der Waals surface area contributed by atoms with E-state index in [9.17, 15) is 0 Å². The number of hydrogen-bond acceptors (Lipinski definition) is 2. The molecule has 0 aliphatic heterocycles. The maximum absolute atomic E-state index is 5.68. The van der Waals surface area contributed by atoms with Gasteiger partial charge in [-0.1, -0.05) is 24.3 Å². The molecule has 1 aromatic carbocycles. The average Bonchev–Trinajstić information content (AvgIpc) is 2.28. The number of rotatable bonds is 2. The van der Waals surface area contributed by atoms with E-state index >= 15 is 0 Å². The highest BCUT2D eigenvalue weighted by molar-refractivity contribution is 5.70. The fourth-order valence-corrected chi connectivity index (χ4v) is 1.33. The van der Waals surface area contributed by atoms with Crippen LogP contribution in [-0.2, 0) is 0 Å². The van der Waals surface area contributed by atoms with Crippen molar-refractivity contribution >= 4 is 17.8 Å². The van der Waals surface area contributed by atoms with Gasteiger partial charge in [0.2, 0.25) is 0 Å². The molecule has 15 heavy (non-hydrogen) atoms. The molecule has 2 aromatic rings. The Morgan fingerprint density at radius 1 is 0.933 bits per heavy atom. The molecular weight excluding hydrogens is 184 g/mol. The largest absolute Gasteiger partial charge is 0.399 e. The zero-order chi connectivity index (χ0) is 10.5. The van der Waals surface area contributed by atoms with Crippen LogP contribution in [0.2, 0.25) is 0 Å². The monoisotopic (exact) mass is 196 g/mol. The molecule has 2 N–H and O–H groups in total. The summed E-state index contributed by atoms with van der Waals surface area (Å²) in [7, 11) is 0. The molecule has 2 rings (SSSR count). The molecule has 0 spiro atoms. The van der Waals surface area contributed by atoms with Crippen LogP contribution in [-0.4, -0.2) is 4.98 Å². The lowest BCUT2D eigenvalue weighted by Gasteiger charge is -1.95. The second kappa shape index (κ2) is 4.42. The first-order valence-electron chi connectivity index (χ1n) is 4.78. The highest BCUT2D eigenvalue weighted by Gasteiger charge is 1.88. The van der Waals surface area contributed by atoms with Crippen LogP contribution in [0.1, 0.15) is 11.1 Å². The summed E-state index contributed by atoms with van der Waals surface area (Å²) in [5.41, 5.74) is 8.70. The Morgan fingerprint density at radius 3 is 2.40 bits per heavy atom. The van der Waals surface area contributed by atoms with Crippen molar-refractivity contribution in [2.24, 2.45) is 0 Å². The Kier molecular flexibility index (Phi) is 2.79. The zero-order valence-electron chi connectivity index (χ0n) is 8.30. The number of anilines is 1. The maximum atomic E-state index is 5.68. The van der Waals surface area contributed by atoms with Crippen molar-refractivity contribution < 1.29 is 0 Å². The minimum atomic E-state index is 0.784. The highest BCUT2D eigenvalue weighted by Crippen LogP contribution is 2.10. The molecule has 0 atom stereocenters. The number of nitrogen functional groups attached to an aromatic ring is 1. The minimum absolute atomic E-state index is 0.784. The van der Waals surface area contributed by atoms with Gasteiger partial charge in [-0.25, -0.2) is 0 Å². The molecule has 0 saturated heterocycles. The van der Waals surface area contributed by atoms with Gasteiger partial charge >= 0.3 is 0 Å². The topological polar surface area (TPSA) is 38.9 Å². The molecule has 2 heteroatoms. The van der Waals surface area contributed by atoms with E-state index < -0.39 is 0 Å². The van der Waals surface area contributed by atoms with Crippen LogP contribution in [0.5, 0.6) is 0 Å². The molecule has 2 nitrogen and oxygen atoms in total. The van der Waals surface area contributed by atoms with Crippen LogP contribution in [0.25, 0.3) is 12.2 Å². The van der Waals surface area contributed by atoms with Gasteiger partial charge in [0.15, 0.2) is 0 Å². The Bertz CT molecular complexity index is 461. The summed E-state index contributed by atoms with van der Waals surface area (Å²) < 4.78 is 0. The van der Waals surface area contributed by atoms with Crippen LogP contribution in [0.15, 0.2) is 48.8 Å². The Balaban J connectivity index is 2.19. The SMILES string of the molecule is Nc1cccc(/C=C/c2ccncc2)c1. The van der Waals surface area contributed by atoms with Crippen LogP contribution in [0.3, 0.4) is 0 Å². The van der Waals surface area contributed by atoms with Gasteiger partial charge in [-0.15, -0.1) is 0 Å². The van der Waals surface area contributed by atoms with Crippen molar-refractivity contribution in [3.05, 3.63) is 59.9 Å². The lowest BCUT2D eigenvalue weighted by atomic mass is 10.1. The quantitative estimate of drug-likeness (QED) is 0.750. The van der Waals surface area contributed by atoms with E-state index in [2.05, 4.69) is 4.98 Å². The first-order chi connectivity index (χ1) is 7.34. The van der Waals surface area contributed by atoms with Crippen molar-refractivity contribution in [3.8, 4) is 0 Å². The first kappa shape index (κ1) is 9.46. The summed E-state index contributed by atoms with van der Waals surface area (Å²) in [6.07, 6.45) is 7.63. The molecule has 0 fully saturated rings. The van der Waals surface area contributed by atoms with E-state index in [1.807, 2.05) is 48.6 Å². The van der Waals surface area contributed by atoms with Crippen molar-refractivity contribution in [2.45, 2.75) is 0 Å². The summed E-state index contributed by atoms with van der Waals surface area (Å²) in [6, 6.07) is 11.7. The molecule has 0 bridgehead atoms. The Morgan fingerprint density at radius 2 is 1.67 bits per heavy atom. The van der Waals surface area contributed by atoms with Crippen molar-refractivity contribution in [2.75, 3.05) is 5.73 Å². The van der Waals surface area contributed by atoms with Gasteiger partial charge in [-0.05, 0) is 35.4 Å². The number of nitrogens with two attached hydrogens (primary N) is 1. The van der Waals surface area contributed by atoms with E-state index in [0.717, 1.165) is 16.8 Å². The first-order valence-corrected chi connectivity index (χ1v) is 4.78. The van der Waals surface area contributed by atoms with Gasteiger partial charge in [0, 0.05) is 18.1 Å². The average molecular weight is 196 g/mol. The third-order valence-electron chi connectivity index (χ3n) is 2.09. The fourth-order valence-electron chi connectivity index (χ4n) is 1.33. The molecule has 0 aliphatic rings. The molecule has 0 saturated carbocycles. The second-order valence-electron chi connectivity index (χ2n) is 3.28. The number of aromatic nitrogens is 1. The second-order valence-corrected chi connectivity index (χ2v) is 3.28. The highest BCUT2D eigenvalue weighted by atomic mass is 14.6. The summed E-state index contributed by atoms with van der Waals surface area (Å²) in [5.74, 6) is 0. The summed E-state index contributed by atoms with van der Waals surface area (Å²) in [4.78, 5) is 3.96. The van der Waals surface area contributed by atoms with E-state index in [1.54, 1.807) is 12.4 Å². The predicted octanol–water partition coefficient (Wildman–Crippen LogP) is 2.83. The third-order valence-corrected chi connectivity index (χ3v) is 2.09. The van der Waals surface area contributed by atoms with Crippen molar-refractivity contribution in [3.63, 3.8) is 0 Å². The number of pyridine rings is 1. The maximum Gasteiger partial charge on any atom is 0.0319 e. The van der Waals surface area contributed by atoms with E-state index in [4.69, 9.17) is 5.73 Å². The molecule has 74 valence electrons. The molecule has 1 heterocycles. The van der Waals surface area contributed by atoms with E-state index in [-0.39, 0.29) is 0 Å². The molecule has 0 unspecified atom stereocenters. The predicted molar refractivity (Wildman–Crippen MR) is 64.0 cm³/mol. The normalized spacial score (nSPS) is 10.7. The summed E-state index contributed by atoms with van der Waals surface area (Å²) >= 11 is 0. The number of hydrogen-bond donors (Lipinski definition) is 1. The lowest BCUT2D eigenvalue weighted by molar-refractivity contribution is 1.32. The lowest BCUT2D eigenvalue weighted by Crippen LogP contribution is -1.83. The number of nitrogens with zero attached hydrogens (tertiary/aromatic N) is 1. The van der Waals surface area contributed by atoms with Crippen LogP contribution in [0.4, 0.5) is 5.69 Å². The molecule has 1 aromatic heterocycles. The fraction of sp³-hybridized carbons (Fsp3) is 0. The van der Waals surface area contributed by atoms with Gasteiger partial charge in [-0.2, -0.15) is 0 Å². The molecule has 0 radical (unpaired) electrons. The van der Waals surface area contributed by atoms with Crippen LogP contribution < -0.4 is 5.73 Å². The standard InChI is InChI=1S/C13H12N2/c14-13-3-1-2-12(10-13)5-4-11-6-8-15-9-7-11/h1-10H,14H2/b5-4+. The van der Waals surface area contributed by atoms with Gasteiger partial charge in [0.25, 0.3) is 0 Å². The van der Waals surface area contributed by atoms with Crippen molar-refractivity contribution in [1.82, 2.24) is 4.98 Å². The minimum Gasteiger partial charge on any atom is -0.399 e. The van der Waals surface area contributed by atoms with E-state index in [0.29, 0.717) is 0 Å². The van der Waals surface area contributed by atoms with Gasteiger partial charge in [0.05, 0.1) is 0 Å². The van der Waals surface area contributed by atoms with Gasteiger partial charge in [-0.3, -0.25) is 4.98 Å². The molecule has 0 amide bonds. The number of benzene rings is 1. The smallest absolute Gasteiger partial charge is 0.0319 e. The van der Waals surface area contributed by atoms with Crippen LogP contribution >= 0.6 is 0 Å².